The molecule has 0 aliphatic carbocycles. The Labute approximate surface area is 144 Å². The van der Waals surface area contributed by atoms with Crippen LogP contribution in [0.4, 0.5) is 0 Å². The maximum atomic E-state index is 5.90. The summed E-state index contributed by atoms with van der Waals surface area (Å²) >= 11 is 0. The number of ether oxygens (including phenoxy) is 1. The van der Waals surface area contributed by atoms with Gasteiger partial charge >= 0.3 is 0 Å². The van der Waals surface area contributed by atoms with Crippen molar-refractivity contribution in [3.05, 3.63) is 102 Å². The summed E-state index contributed by atoms with van der Waals surface area (Å²) in [5, 5.41) is 3.56. The summed E-state index contributed by atoms with van der Waals surface area (Å²) in [5.41, 5.74) is 3.70. The van der Waals surface area contributed by atoms with Gasteiger partial charge in [-0.2, -0.15) is 0 Å². The van der Waals surface area contributed by atoms with Crippen LogP contribution in [-0.4, -0.2) is 0 Å². The SMILES string of the molecule is C[C@H](NCc1cccc(OCc2ccccc2)c1)c1ccccc1. The first-order valence-corrected chi connectivity index (χ1v) is 8.35. The van der Waals surface area contributed by atoms with Crippen LogP contribution in [0.15, 0.2) is 84.9 Å². The Morgan fingerprint density at radius 3 is 2.21 bits per heavy atom. The summed E-state index contributed by atoms with van der Waals surface area (Å²) in [6.45, 7) is 3.60. The zero-order valence-corrected chi connectivity index (χ0v) is 14.0. The average molecular weight is 317 g/mol. The molecule has 0 unspecified atom stereocenters. The minimum atomic E-state index is 0.320. The Balaban J connectivity index is 1.55. The Morgan fingerprint density at radius 2 is 1.46 bits per heavy atom. The molecule has 0 aliphatic heterocycles. The van der Waals surface area contributed by atoms with Crippen LogP contribution in [0.25, 0.3) is 0 Å². The normalized spacial score (nSPS) is 11.9. The lowest BCUT2D eigenvalue weighted by molar-refractivity contribution is 0.306. The second-order valence-electron chi connectivity index (χ2n) is 5.93. The first kappa shape index (κ1) is 16.3. The molecule has 0 heterocycles. The monoisotopic (exact) mass is 317 g/mol. The number of benzene rings is 3. The predicted octanol–water partition coefficient (Wildman–Crippen LogP) is 5.12. The number of rotatable bonds is 7. The second kappa shape index (κ2) is 8.32. The largest absolute Gasteiger partial charge is 0.489 e. The Bertz CT molecular complexity index is 740. The van der Waals surface area contributed by atoms with Gasteiger partial charge in [-0.25, -0.2) is 0 Å². The van der Waals surface area contributed by atoms with E-state index in [1.807, 2.05) is 36.4 Å². The van der Waals surface area contributed by atoms with Gasteiger partial charge in [-0.3, -0.25) is 0 Å². The highest BCUT2D eigenvalue weighted by molar-refractivity contribution is 5.29. The van der Waals surface area contributed by atoms with Crippen molar-refractivity contribution in [2.24, 2.45) is 0 Å². The molecule has 0 fully saturated rings. The summed E-state index contributed by atoms with van der Waals surface area (Å²) in [6, 6.07) is 29.3. The summed E-state index contributed by atoms with van der Waals surface area (Å²) in [4.78, 5) is 0. The fourth-order valence-corrected chi connectivity index (χ4v) is 2.62. The van der Waals surface area contributed by atoms with Crippen molar-refractivity contribution >= 4 is 0 Å². The first-order chi connectivity index (χ1) is 11.8. The molecule has 1 atom stereocenters. The molecule has 0 saturated carbocycles. The predicted molar refractivity (Wildman–Crippen MR) is 98.9 cm³/mol. The van der Waals surface area contributed by atoms with Crippen LogP contribution in [0.2, 0.25) is 0 Å². The quantitative estimate of drug-likeness (QED) is 0.653. The van der Waals surface area contributed by atoms with Gasteiger partial charge in [0.15, 0.2) is 0 Å². The molecule has 0 aromatic heterocycles. The van der Waals surface area contributed by atoms with Crippen LogP contribution in [0.5, 0.6) is 5.75 Å². The second-order valence-corrected chi connectivity index (χ2v) is 5.93. The molecule has 24 heavy (non-hydrogen) atoms. The number of hydrogen-bond donors (Lipinski definition) is 1. The van der Waals surface area contributed by atoms with Gasteiger partial charge < -0.3 is 10.1 Å². The average Bonchev–Trinajstić information content (AvgIpc) is 2.66. The van der Waals surface area contributed by atoms with Crippen LogP contribution in [0, 0.1) is 0 Å². The van der Waals surface area contributed by atoms with Crippen molar-refractivity contribution in [2.45, 2.75) is 26.1 Å². The summed E-state index contributed by atoms with van der Waals surface area (Å²) < 4.78 is 5.90. The third kappa shape index (κ3) is 4.71. The van der Waals surface area contributed by atoms with Crippen molar-refractivity contribution in [3.8, 4) is 5.75 Å². The van der Waals surface area contributed by atoms with Gasteiger partial charge in [0, 0.05) is 12.6 Å². The lowest BCUT2D eigenvalue weighted by Gasteiger charge is -2.15. The van der Waals surface area contributed by atoms with Gasteiger partial charge in [-0.15, -0.1) is 0 Å². The maximum absolute atomic E-state index is 5.90. The fraction of sp³-hybridized carbons (Fsp3) is 0.182. The maximum Gasteiger partial charge on any atom is 0.120 e. The standard InChI is InChI=1S/C22H23NO/c1-18(21-12-6-3-7-13-21)23-16-20-11-8-14-22(15-20)24-17-19-9-4-2-5-10-19/h2-15,18,23H,16-17H2,1H3/t18-/m0/s1. The fourth-order valence-electron chi connectivity index (χ4n) is 2.62. The highest BCUT2D eigenvalue weighted by Crippen LogP contribution is 2.17. The van der Waals surface area contributed by atoms with E-state index in [2.05, 4.69) is 60.8 Å². The molecule has 3 rings (SSSR count). The van der Waals surface area contributed by atoms with Gasteiger partial charge in [0.25, 0.3) is 0 Å². The van der Waals surface area contributed by atoms with Crippen molar-refractivity contribution in [2.75, 3.05) is 0 Å². The van der Waals surface area contributed by atoms with Gasteiger partial charge in [0.05, 0.1) is 0 Å². The van der Waals surface area contributed by atoms with Crippen LogP contribution in [0.3, 0.4) is 0 Å². The van der Waals surface area contributed by atoms with E-state index in [4.69, 9.17) is 4.74 Å². The van der Waals surface area contributed by atoms with Gasteiger partial charge in [-0.05, 0) is 35.7 Å². The van der Waals surface area contributed by atoms with E-state index in [9.17, 15) is 0 Å². The van der Waals surface area contributed by atoms with Gasteiger partial charge in [0.2, 0.25) is 0 Å². The van der Waals surface area contributed by atoms with Crippen LogP contribution in [-0.2, 0) is 13.2 Å². The van der Waals surface area contributed by atoms with E-state index in [1.165, 1.54) is 16.7 Å². The van der Waals surface area contributed by atoms with Crippen molar-refractivity contribution in [1.29, 1.82) is 0 Å². The molecule has 0 saturated heterocycles. The molecular formula is C22H23NO. The number of hydrogen-bond acceptors (Lipinski definition) is 2. The minimum absolute atomic E-state index is 0.320. The molecule has 0 amide bonds. The molecule has 0 aliphatic rings. The Hall–Kier alpha value is -2.58. The summed E-state index contributed by atoms with van der Waals surface area (Å²) in [5.74, 6) is 0.908. The summed E-state index contributed by atoms with van der Waals surface area (Å²) in [7, 11) is 0. The zero-order chi connectivity index (χ0) is 16.6. The third-order valence-corrected chi connectivity index (χ3v) is 4.06. The highest BCUT2D eigenvalue weighted by atomic mass is 16.5. The third-order valence-electron chi connectivity index (χ3n) is 4.06. The highest BCUT2D eigenvalue weighted by Gasteiger charge is 2.04. The molecule has 0 spiro atoms. The minimum Gasteiger partial charge on any atom is -0.489 e. The van der Waals surface area contributed by atoms with Crippen molar-refractivity contribution in [3.63, 3.8) is 0 Å². The van der Waals surface area contributed by atoms with Gasteiger partial charge in [-0.1, -0.05) is 72.8 Å². The van der Waals surface area contributed by atoms with Crippen molar-refractivity contribution < 1.29 is 4.74 Å². The van der Waals surface area contributed by atoms with E-state index >= 15 is 0 Å². The molecule has 2 nitrogen and oxygen atoms in total. The molecule has 3 aromatic rings. The molecular weight excluding hydrogens is 294 g/mol. The summed E-state index contributed by atoms with van der Waals surface area (Å²) in [6.07, 6.45) is 0. The smallest absolute Gasteiger partial charge is 0.120 e. The van der Waals surface area contributed by atoms with E-state index in [0.717, 1.165) is 12.3 Å². The van der Waals surface area contributed by atoms with Crippen molar-refractivity contribution in [1.82, 2.24) is 5.32 Å². The Kier molecular flexibility index (Phi) is 5.65. The van der Waals surface area contributed by atoms with E-state index in [1.54, 1.807) is 0 Å². The van der Waals surface area contributed by atoms with E-state index < -0.39 is 0 Å². The molecule has 122 valence electrons. The molecule has 0 bridgehead atoms. The molecule has 2 heteroatoms. The first-order valence-electron chi connectivity index (χ1n) is 8.35. The lowest BCUT2D eigenvalue weighted by atomic mass is 10.1. The molecule has 0 radical (unpaired) electrons. The van der Waals surface area contributed by atoms with E-state index in [0.29, 0.717) is 12.6 Å². The van der Waals surface area contributed by atoms with Crippen LogP contribution < -0.4 is 10.1 Å². The Morgan fingerprint density at radius 1 is 0.792 bits per heavy atom. The zero-order valence-electron chi connectivity index (χ0n) is 14.0. The topological polar surface area (TPSA) is 21.3 Å². The molecule has 3 aromatic carbocycles. The van der Waals surface area contributed by atoms with Gasteiger partial charge in [0.1, 0.15) is 12.4 Å². The number of nitrogens with one attached hydrogen (secondary N) is 1. The van der Waals surface area contributed by atoms with Crippen LogP contribution in [0.1, 0.15) is 29.7 Å². The van der Waals surface area contributed by atoms with E-state index in [-0.39, 0.29) is 0 Å². The lowest BCUT2D eigenvalue weighted by Crippen LogP contribution is -2.17. The van der Waals surface area contributed by atoms with Crippen LogP contribution >= 0.6 is 0 Å². The molecule has 1 N–H and O–H groups in total.